The molecule has 1 aromatic carbocycles. The van der Waals surface area contributed by atoms with Gasteiger partial charge in [0.1, 0.15) is 17.0 Å². The second-order valence-electron chi connectivity index (χ2n) is 9.04. The van der Waals surface area contributed by atoms with Crippen molar-refractivity contribution in [3.8, 4) is 11.4 Å². The number of hydrogen-bond acceptors (Lipinski definition) is 6. The lowest BCUT2D eigenvalue weighted by Crippen LogP contribution is -2.43. The monoisotopic (exact) mass is 499 g/mol. The summed E-state index contributed by atoms with van der Waals surface area (Å²) in [7, 11) is 3.65. The van der Waals surface area contributed by atoms with Crippen LogP contribution in [-0.4, -0.2) is 56.0 Å². The maximum absolute atomic E-state index is 13.5. The summed E-state index contributed by atoms with van der Waals surface area (Å²) >= 11 is 0. The molecule has 188 valence electrons. The molecule has 0 unspecified atom stereocenters. The molecule has 5 rings (SSSR count). The molecule has 0 radical (unpaired) electrons. The molecule has 1 fully saturated rings. The number of rotatable bonds is 5. The Hall–Kier alpha value is -3.60. The molecule has 0 aliphatic carbocycles. The van der Waals surface area contributed by atoms with Gasteiger partial charge in [0.05, 0.1) is 11.3 Å². The minimum Gasteiger partial charge on any atom is -0.354 e. The Morgan fingerprint density at radius 3 is 2.53 bits per heavy atom. The van der Waals surface area contributed by atoms with Crippen LogP contribution >= 0.6 is 0 Å². The van der Waals surface area contributed by atoms with Gasteiger partial charge in [0.25, 0.3) is 0 Å². The molecule has 4 aromatic rings. The van der Waals surface area contributed by atoms with Crippen molar-refractivity contribution in [2.45, 2.75) is 31.6 Å². The molecule has 3 aromatic heterocycles. The fourth-order valence-electron chi connectivity index (χ4n) is 4.85. The maximum Gasteiger partial charge on any atom is 0.416 e. The van der Waals surface area contributed by atoms with E-state index in [-0.39, 0.29) is 18.2 Å². The number of anilines is 1. The normalized spacial score (nSPS) is 15.2. The van der Waals surface area contributed by atoms with E-state index in [4.69, 9.17) is 0 Å². The van der Waals surface area contributed by atoms with E-state index in [0.717, 1.165) is 41.3 Å². The molecule has 0 saturated carbocycles. The van der Waals surface area contributed by atoms with Gasteiger partial charge in [0, 0.05) is 50.5 Å². The number of halogens is 4. The second kappa shape index (κ2) is 9.45. The Bertz CT molecular complexity index is 1380. The Labute approximate surface area is 205 Å². The number of hydrogen-bond donors (Lipinski definition) is 0. The highest BCUT2D eigenvalue weighted by molar-refractivity contribution is 5.96. The Morgan fingerprint density at radius 2 is 1.83 bits per heavy atom. The van der Waals surface area contributed by atoms with Crippen LogP contribution in [0.2, 0.25) is 0 Å². The molecule has 1 aliphatic heterocycles. The SMILES string of the molecule is CN(Cc1ccc(F)cc1C(F)(F)F)C1CCN(c2nnc(-c3ccnn3C)c3ncccc23)CC1. The van der Waals surface area contributed by atoms with E-state index in [1.54, 1.807) is 17.1 Å². The minimum atomic E-state index is -4.60. The zero-order chi connectivity index (χ0) is 25.4. The number of piperidine rings is 1. The summed E-state index contributed by atoms with van der Waals surface area (Å²) in [6.07, 6.45) is 0.305. The standard InChI is InChI=1S/C25H25F4N7/c1-34(15-16-5-6-17(26)14-20(16)25(27,28)29)18-8-12-36(13-9-18)24-19-4-3-10-30-22(19)23(32-33-24)21-7-11-31-35(21)2/h3-7,10-11,14,18H,8-9,12-13,15H2,1-2H3. The topological polar surface area (TPSA) is 63.0 Å². The molecule has 0 atom stereocenters. The van der Waals surface area contributed by atoms with Crippen molar-refractivity contribution in [1.29, 1.82) is 0 Å². The molecule has 0 bridgehead atoms. The molecule has 4 heterocycles. The van der Waals surface area contributed by atoms with Crippen LogP contribution in [0.4, 0.5) is 23.4 Å². The molecule has 0 N–H and O–H groups in total. The molecular weight excluding hydrogens is 474 g/mol. The summed E-state index contributed by atoms with van der Waals surface area (Å²) in [5, 5.41) is 14.1. The Morgan fingerprint density at radius 1 is 1.06 bits per heavy atom. The van der Waals surface area contributed by atoms with Crippen molar-refractivity contribution in [2.24, 2.45) is 7.05 Å². The van der Waals surface area contributed by atoms with Crippen LogP contribution in [0, 0.1) is 5.82 Å². The fraction of sp³-hybridized carbons (Fsp3) is 0.360. The number of fused-ring (bicyclic) bond motifs is 1. The third-order valence-corrected chi connectivity index (χ3v) is 6.77. The van der Waals surface area contributed by atoms with Crippen molar-refractivity contribution in [3.63, 3.8) is 0 Å². The number of aryl methyl sites for hydroxylation is 1. The molecule has 1 saturated heterocycles. The van der Waals surface area contributed by atoms with E-state index < -0.39 is 17.6 Å². The fourth-order valence-corrected chi connectivity index (χ4v) is 4.85. The zero-order valence-electron chi connectivity index (χ0n) is 19.9. The summed E-state index contributed by atoms with van der Waals surface area (Å²) in [6.45, 7) is 1.44. The summed E-state index contributed by atoms with van der Waals surface area (Å²) < 4.78 is 55.4. The largest absolute Gasteiger partial charge is 0.416 e. The molecule has 0 spiro atoms. The molecule has 11 heteroatoms. The predicted molar refractivity (Wildman–Crippen MR) is 128 cm³/mol. The van der Waals surface area contributed by atoms with Gasteiger partial charge < -0.3 is 4.90 Å². The van der Waals surface area contributed by atoms with Gasteiger partial charge in [-0.25, -0.2) is 4.39 Å². The lowest BCUT2D eigenvalue weighted by molar-refractivity contribution is -0.138. The smallest absolute Gasteiger partial charge is 0.354 e. The maximum atomic E-state index is 13.5. The highest BCUT2D eigenvalue weighted by atomic mass is 19.4. The van der Waals surface area contributed by atoms with E-state index in [2.05, 4.69) is 25.2 Å². The van der Waals surface area contributed by atoms with Gasteiger partial charge in [0.15, 0.2) is 5.82 Å². The van der Waals surface area contributed by atoms with Crippen LogP contribution in [0.5, 0.6) is 0 Å². The van der Waals surface area contributed by atoms with Crippen LogP contribution in [0.3, 0.4) is 0 Å². The first-order chi connectivity index (χ1) is 17.2. The van der Waals surface area contributed by atoms with Crippen LogP contribution in [0.25, 0.3) is 22.3 Å². The van der Waals surface area contributed by atoms with Crippen LogP contribution in [-0.2, 0) is 19.8 Å². The van der Waals surface area contributed by atoms with Crippen molar-refractivity contribution >= 4 is 16.7 Å². The second-order valence-corrected chi connectivity index (χ2v) is 9.04. The van der Waals surface area contributed by atoms with E-state index >= 15 is 0 Å². The first-order valence-corrected chi connectivity index (χ1v) is 11.6. The summed E-state index contributed by atoms with van der Waals surface area (Å²) in [5.41, 5.74) is 1.36. The minimum absolute atomic E-state index is 0.0718. The van der Waals surface area contributed by atoms with Gasteiger partial charge in [-0.15, -0.1) is 10.2 Å². The van der Waals surface area contributed by atoms with Gasteiger partial charge in [-0.05, 0) is 55.8 Å². The first kappa shape index (κ1) is 24.1. The van der Waals surface area contributed by atoms with E-state index in [0.29, 0.717) is 24.8 Å². The highest BCUT2D eigenvalue weighted by Gasteiger charge is 2.34. The average Bonchev–Trinajstić information content (AvgIpc) is 3.29. The third kappa shape index (κ3) is 4.62. The van der Waals surface area contributed by atoms with E-state index in [1.165, 1.54) is 6.07 Å². The number of benzene rings is 1. The van der Waals surface area contributed by atoms with E-state index in [9.17, 15) is 17.6 Å². The average molecular weight is 500 g/mol. The lowest BCUT2D eigenvalue weighted by atomic mass is 10.0. The molecule has 36 heavy (non-hydrogen) atoms. The Balaban J connectivity index is 1.33. The number of nitrogens with zero attached hydrogens (tertiary/aromatic N) is 7. The quantitative estimate of drug-likeness (QED) is 0.372. The summed E-state index contributed by atoms with van der Waals surface area (Å²) in [6, 6.07) is 8.65. The van der Waals surface area contributed by atoms with Crippen LogP contribution < -0.4 is 4.90 Å². The first-order valence-electron chi connectivity index (χ1n) is 11.6. The number of aromatic nitrogens is 5. The van der Waals surface area contributed by atoms with Gasteiger partial charge >= 0.3 is 6.18 Å². The van der Waals surface area contributed by atoms with Crippen molar-refractivity contribution < 1.29 is 17.6 Å². The molecule has 0 amide bonds. The predicted octanol–water partition coefficient (Wildman–Crippen LogP) is 4.68. The van der Waals surface area contributed by atoms with Crippen LogP contribution in [0.15, 0.2) is 48.8 Å². The van der Waals surface area contributed by atoms with Crippen molar-refractivity contribution in [2.75, 3.05) is 25.0 Å². The lowest BCUT2D eigenvalue weighted by Gasteiger charge is -2.37. The van der Waals surface area contributed by atoms with Gasteiger partial charge in [-0.3, -0.25) is 14.6 Å². The van der Waals surface area contributed by atoms with Crippen LogP contribution in [0.1, 0.15) is 24.0 Å². The summed E-state index contributed by atoms with van der Waals surface area (Å²) in [5.74, 6) is -0.151. The molecule has 7 nitrogen and oxygen atoms in total. The van der Waals surface area contributed by atoms with E-state index in [1.807, 2.05) is 37.2 Å². The number of alkyl halides is 3. The third-order valence-electron chi connectivity index (χ3n) is 6.77. The van der Waals surface area contributed by atoms with Crippen molar-refractivity contribution in [1.82, 2.24) is 29.9 Å². The van der Waals surface area contributed by atoms with Gasteiger partial charge in [-0.2, -0.15) is 18.3 Å². The summed E-state index contributed by atoms with van der Waals surface area (Å²) in [4.78, 5) is 8.62. The van der Waals surface area contributed by atoms with Gasteiger partial charge in [0.2, 0.25) is 0 Å². The number of pyridine rings is 1. The zero-order valence-corrected chi connectivity index (χ0v) is 19.9. The molecule has 1 aliphatic rings. The Kier molecular flexibility index (Phi) is 6.33. The van der Waals surface area contributed by atoms with Crippen molar-refractivity contribution in [3.05, 3.63) is 65.7 Å². The highest BCUT2D eigenvalue weighted by Crippen LogP contribution is 2.34. The molecular formula is C25H25F4N7. The van der Waals surface area contributed by atoms with Gasteiger partial charge in [-0.1, -0.05) is 6.07 Å².